The number of fused-ring (bicyclic) bond motifs is 1. The summed E-state index contributed by atoms with van der Waals surface area (Å²) in [6.07, 6.45) is 2.31. The quantitative estimate of drug-likeness (QED) is 0.602. The molecular formula is C24H28ClN3O4S2. The molecule has 2 aliphatic heterocycles. The van der Waals surface area contributed by atoms with Gasteiger partial charge in [0, 0.05) is 29.6 Å². The maximum atomic E-state index is 13.2. The number of halogens is 1. The van der Waals surface area contributed by atoms with E-state index in [2.05, 4.69) is 12.2 Å². The fourth-order valence-corrected chi connectivity index (χ4v) is 6.62. The van der Waals surface area contributed by atoms with Crippen LogP contribution in [0.4, 0.5) is 5.69 Å². The van der Waals surface area contributed by atoms with E-state index in [-0.39, 0.29) is 29.0 Å². The van der Waals surface area contributed by atoms with Crippen LogP contribution < -0.4 is 10.2 Å². The van der Waals surface area contributed by atoms with Crippen molar-refractivity contribution in [2.75, 3.05) is 36.8 Å². The number of benzene rings is 2. The standard InChI is InChI=1S/C24H28ClN3O4S2/c1-17-9-12-27(13-10-17)34(31,32)20-6-7-22-21(14-20)28(24(30)16-33-22)15-23(29)26-11-8-18-2-4-19(25)5-3-18/h2-7,14,17H,8-13,15-16H2,1H3,(H,26,29). The third-order valence-corrected chi connectivity index (χ3v) is 9.40. The molecule has 0 radical (unpaired) electrons. The van der Waals surface area contributed by atoms with Crippen molar-refractivity contribution in [2.45, 2.75) is 36.0 Å². The number of sulfonamides is 1. The Labute approximate surface area is 209 Å². The van der Waals surface area contributed by atoms with Gasteiger partial charge in [0.25, 0.3) is 0 Å². The van der Waals surface area contributed by atoms with Gasteiger partial charge in [0.2, 0.25) is 21.8 Å². The Morgan fingerprint density at radius 3 is 2.56 bits per heavy atom. The molecule has 182 valence electrons. The lowest BCUT2D eigenvalue weighted by Gasteiger charge is -2.31. The Morgan fingerprint density at radius 2 is 1.85 bits per heavy atom. The molecule has 1 fully saturated rings. The molecule has 0 saturated carbocycles. The molecular weight excluding hydrogens is 494 g/mol. The summed E-state index contributed by atoms with van der Waals surface area (Å²) in [7, 11) is -3.66. The first-order valence-electron chi connectivity index (χ1n) is 11.3. The molecule has 0 spiro atoms. The van der Waals surface area contributed by atoms with Crippen LogP contribution >= 0.6 is 23.4 Å². The Bertz CT molecular complexity index is 1160. The molecule has 0 aromatic heterocycles. The Kier molecular flexibility index (Phi) is 7.87. The third kappa shape index (κ3) is 5.76. The van der Waals surface area contributed by atoms with Crippen molar-refractivity contribution < 1.29 is 18.0 Å². The van der Waals surface area contributed by atoms with E-state index in [1.165, 1.54) is 27.0 Å². The smallest absolute Gasteiger partial charge is 0.243 e. The van der Waals surface area contributed by atoms with Crippen molar-refractivity contribution >= 4 is 50.9 Å². The molecule has 0 bridgehead atoms. The minimum absolute atomic E-state index is 0.155. The van der Waals surface area contributed by atoms with E-state index in [1.807, 2.05) is 12.1 Å². The molecule has 4 rings (SSSR count). The fourth-order valence-electron chi connectivity index (χ4n) is 4.09. The van der Waals surface area contributed by atoms with Crippen molar-refractivity contribution in [1.29, 1.82) is 0 Å². The average molecular weight is 522 g/mol. The largest absolute Gasteiger partial charge is 0.354 e. The zero-order chi connectivity index (χ0) is 24.3. The molecule has 2 aromatic carbocycles. The van der Waals surface area contributed by atoms with Gasteiger partial charge >= 0.3 is 0 Å². The average Bonchev–Trinajstić information content (AvgIpc) is 2.82. The number of rotatable bonds is 7. The van der Waals surface area contributed by atoms with Crippen LogP contribution in [0.5, 0.6) is 0 Å². The molecule has 1 N–H and O–H groups in total. The SMILES string of the molecule is CC1CCN(S(=O)(=O)c2ccc3c(c2)N(CC(=O)NCCc2ccc(Cl)cc2)C(=O)CS3)CC1. The highest BCUT2D eigenvalue weighted by atomic mass is 35.5. The number of hydrogen-bond donors (Lipinski definition) is 1. The van der Waals surface area contributed by atoms with E-state index in [0.717, 1.165) is 23.3 Å². The number of amides is 2. The summed E-state index contributed by atoms with van der Waals surface area (Å²) in [6, 6.07) is 12.3. The monoisotopic (exact) mass is 521 g/mol. The van der Waals surface area contributed by atoms with Crippen LogP contribution in [0.3, 0.4) is 0 Å². The van der Waals surface area contributed by atoms with Gasteiger partial charge in [0.15, 0.2) is 0 Å². The highest BCUT2D eigenvalue weighted by Crippen LogP contribution is 2.37. The van der Waals surface area contributed by atoms with Crippen LogP contribution in [0.25, 0.3) is 0 Å². The molecule has 0 unspecified atom stereocenters. The lowest BCUT2D eigenvalue weighted by Crippen LogP contribution is -2.44. The normalized spacial score (nSPS) is 17.5. The maximum absolute atomic E-state index is 13.2. The van der Waals surface area contributed by atoms with Gasteiger partial charge in [-0.25, -0.2) is 8.42 Å². The van der Waals surface area contributed by atoms with E-state index in [1.54, 1.807) is 24.3 Å². The van der Waals surface area contributed by atoms with Crippen molar-refractivity contribution in [3.8, 4) is 0 Å². The number of anilines is 1. The summed E-state index contributed by atoms with van der Waals surface area (Å²) < 4.78 is 27.9. The van der Waals surface area contributed by atoms with Gasteiger partial charge < -0.3 is 10.2 Å². The highest BCUT2D eigenvalue weighted by molar-refractivity contribution is 8.00. The Morgan fingerprint density at radius 1 is 1.15 bits per heavy atom. The first-order valence-corrected chi connectivity index (χ1v) is 14.1. The number of hydrogen-bond acceptors (Lipinski definition) is 5. The third-order valence-electron chi connectivity index (χ3n) is 6.20. The number of thioether (sulfide) groups is 1. The van der Waals surface area contributed by atoms with E-state index >= 15 is 0 Å². The van der Waals surface area contributed by atoms with Crippen molar-refractivity contribution in [2.24, 2.45) is 5.92 Å². The summed E-state index contributed by atoms with van der Waals surface area (Å²) >= 11 is 7.26. The molecule has 2 heterocycles. The van der Waals surface area contributed by atoms with Gasteiger partial charge in [0.05, 0.1) is 16.3 Å². The van der Waals surface area contributed by atoms with Gasteiger partial charge in [-0.15, -0.1) is 11.8 Å². The zero-order valence-electron chi connectivity index (χ0n) is 19.0. The second kappa shape index (κ2) is 10.7. The molecule has 0 aliphatic carbocycles. The molecule has 2 amide bonds. The second-order valence-corrected chi connectivity index (χ2v) is 12.1. The van der Waals surface area contributed by atoms with E-state index in [0.29, 0.717) is 42.7 Å². The predicted octanol–water partition coefficient (Wildman–Crippen LogP) is 3.56. The number of carbonyl (C=O) groups is 2. The van der Waals surface area contributed by atoms with Crippen molar-refractivity contribution in [1.82, 2.24) is 9.62 Å². The lowest BCUT2D eigenvalue weighted by atomic mass is 10.0. The number of nitrogens with zero attached hydrogens (tertiary/aromatic N) is 2. The number of nitrogens with one attached hydrogen (secondary N) is 1. The van der Waals surface area contributed by atoms with Crippen LogP contribution in [0, 0.1) is 5.92 Å². The summed E-state index contributed by atoms with van der Waals surface area (Å²) in [5.74, 6) is 0.212. The van der Waals surface area contributed by atoms with Crippen LogP contribution in [-0.4, -0.2) is 56.5 Å². The fraction of sp³-hybridized carbons (Fsp3) is 0.417. The van der Waals surface area contributed by atoms with E-state index in [4.69, 9.17) is 11.6 Å². The minimum atomic E-state index is -3.66. The molecule has 10 heteroatoms. The molecule has 1 saturated heterocycles. The van der Waals surface area contributed by atoms with Gasteiger partial charge in [-0.2, -0.15) is 4.31 Å². The summed E-state index contributed by atoms with van der Waals surface area (Å²) in [5.41, 5.74) is 1.52. The lowest BCUT2D eigenvalue weighted by molar-refractivity contribution is -0.122. The van der Waals surface area contributed by atoms with Gasteiger partial charge in [-0.1, -0.05) is 30.7 Å². The molecule has 34 heavy (non-hydrogen) atoms. The number of carbonyl (C=O) groups excluding carboxylic acids is 2. The zero-order valence-corrected chi connectivity index (χ0v) is 21.4. The summed E-state index contributed by atoms with van der Waals surface area (Å²) in [5, 5.41) is 3.50. The van der Waals surface area contributed by atoms with Crippen LogP contribution in [-0.2, 0) is 26.0 Å². The van der Waals surface area contributed by atoms with E-state index < -0.39 is 10.0 Å². The van der Waals surface area contributed by atoms with Gasteiger partial charge in [-0.05, 0) is 61.1 Å². The first kappa shape index (κ1) is 25.0. The highest BCUT2D eigenvalue weighted by Gasteiger charge is 2.32. The van der Waals surface area contributed by atoms with Gasteiger partial charge in [0.1, 0.15) is 6.54 Å². The number of piperidine rings is 1. The van der Waals surface area contributed by atoms with Crippen LogP contribution in [0.15, 0.2) is 52.3 Å². The molecule has 2 aromatic rings. The predicted molar refractivity (Wildman–Crippen MR) is 135 cm³/mol. The second-order valence-electron chi connectivity index (χ2n) is 8.71. The van der Waals surface area contributed by atoms with Crippen molar-refractivity contribution in [3.63, 3.8) is 0 Å². The molecule has 0 atom stereocenters. The van der Waals surface area contributed by atoms with Gasteiger partial charge in [-0.3, -0.25) is 9.59 Å². The maximum Gasteiger partial charge on any atom is 0.243 e. The topological polar surface area (TPSA) is 86.8 Å². The first-order chi connectivity index (χ1) is 16.2. The molecule has 7 nitrogen and oxygen atoms in total. The minimum Gasteiger partial charge on any atom is -0.354 e. The Hall–Kier alpha value is -2.07. The Balaban J connectivity index is 1.45. The van der Waals surface area contributed by atoms with Crippen molar-refractivity contribution in [3.05, 3.63) is 53.1 Å². The molecule has 2 aliphatic rings. The van der Waals surface area contributed by atoms with Crippen LogP contribution in [0.1, 0.15) is 25.3 Å². The summed E-state index contributed by atoms with van der Waals surface area (Å²) in [4.78, 5) is 27.6. The summed E-state index contributed by atoms with van der Waals surface area (Å²) in [6.45, 7) is 3.38. The van der Waals surface area contributed by atoms with Crippen LogP contribution in [0.2, 0.25) is 5.02 Å². The van der Waals surface area contributed by atoms with E-state index in [9.17, 15) is 18.0 Å².